The van der Waals surface area contributed by atoms with Crippen LogP contribution in [0.5, 0.6) is 0 Å². The predicted molar refractivity (Wildman–Crippen MR) is 146 cm³/mol. The van der Waals surface area contributed by atoms with Crippen LogP contribution in [-0.4, -0.2) is 34.4 Å². The van der Waals surface area contributed by atoms with Crippen molar-refractivity contribution in [3.63, 3.8) is 0 Å². The normalized spacial score (nSPS) is 39.0. The van der Waals surface area contributed by atoms with Crippen LogP contribution in [0.25, 0.3) is 0 Å². The molecule has 0 saturated heterocycles. The molecule has 5 nitrogen and oxygen atoms in total. The van der Waals surface area contributed by atoms with Crippen LogP contribution in [0.2, 0.25) is 0 Å². The molecule has 3 saturated carbocycles. The summed E-state index contributed by atoms with van der Waals surface area (Å²) in [5.41, 5.74) is 2.24. The van der Waals surface area contributed by atoms with Crippen LogP contribution >= 0.6 is 0 Å². The number of aliphatic hydroxyl groups is 1. The van der Waals surface area contributed by atoms with E-state index in [1.54, 1.807) is 0 Å². The topological polar surface area (TPSA) is 83.8 Å². The first-order valence-electron chi connectivity index (χ1n) is 15.0. The number of carboxylic acid groups (broad SMARTS) is 1. The van der Waals surface area contributed by atoms with Gasteiger partial charge >= 0.3 is 11.9 Å². The lowest BCUT2D eigenvalue weighted by Gasteiger charge is -2.58. The summed E-state index contributed by atoms with van der Waals surface area (Å²) >= 11 is 0. The lowest BCUT2D eigenvalue weighted by Crippen LogP contribution is -2.51. The van der Waals surface area contributed by atoms with E-state index in [-0.39, 0.29) is 41.8 Å². The van der Waals surface area contributed by atoms with Crippen molar-refractivity contribution in [2.75, 3.05) is 0 Å². The van der Waals surface area contributed by atoms with Gasteiger partial charge in [-0.2, -0.15) is 0 Å². The van der Waals surface area contributed by atoms with Crippen LogP contribution < -0.4 is 0 Å². The lowest BCUT2D eigenvalue weighted by atomic mass is 9.47. The third-order valence-electron chi connectivity index (χ3n) is 11.4. The highest BCUT2D eigenvalue weighted by Crippen LogP contribution is 2.67. The summed E-state index contributed by atoms with van der Waals surface area (Å²) in [5.74, 6) is 1.75. The van der Waals surface area contributed by atoms with Crippen LogP contribution in [0.3, 0.4) is 0 Å². The van der Waals surface area contributed by atoms with Crippen LogP contribution in [0.1, 0.15) is 119 Å². The van der Waals surface area contributed by atoms with Gasteiger partial charge in [0.05, 0.1) is 18.9 Å². The van der Waals surface area contributed by atoms with Crippen molar-refractivity contribution in [1.82, 2.24) is 0 Å². The number of aliphatic carboxylic acids is 1. The molecule has 210 valence electrons. The van der Waals surface area contributed by atoms with Gasteiger partial charge in [0.25, 0.3) is 0 Å². The molecule has 4 rings (SSSR count). The van der Waals surface area contributed by atoms with Gasteiger partial charge in [0.2, 0.25) is 0 Å². The highest BCUT2D eigenvalue weighted by atomic mass is 16.5. The zero-order chi connectivity index (χ0) is 27.2. The molecule has 0 amide bonds. The van der Waals surface area contributed by atoms with Gasteiger partial charge in [-0.1, -0.05) is 53.2 Å². The number of carboxylic acids is 1. The molecule has 0 aromatic carbocycles. The van der Waals surface area contributed by atoms with Gasteiger partial charge in [0.15, 0.2) is 0 Å². The standard InChI is InChI=1S/C32H52O5/c1-20(27(33)15-16-30(2,3)4)24-9-10-25-23-8-7-21-19-22(37-29(36)12-11-28(34)35)13-17-31(21,5)26(23)14-18-32(24,25)6/h7,20,22-27,33H,8-19H2,1-6H3,(H,34,35)/t20-,22-,23-,24+,25-,26-,27?,31-,32+/m0/s1. The Bertz CT molecular complexity index is 886. The number of fused-ring (bicyclic) bond motifs is 5. The zero-order valence-electron chi connectivity index (χ0n) is 24.2. The number of hydrogen-bond acceptors (Lipinski definition) is 4. The molecule has 4 aliphatic rings. The minimum atomic E-state index is -0.957. The molecule has 0 aromatic heterocycles. The van der Waals surface area contributed by atoms with Gasteiger partial charge in [-0.3, -0.25) is 9.59 Å². The lowest BCUT2D eigenvalue weighted by molar-refractivity contribution is -0.154. The smallest absolute Gasteiger partial charge is 0.306 e. The maximum atomic E-state index is 12.1. The van der Waals surface area contributed by atoms with E-state index in [0.29, 0.717) is 29.1 Å². The Morgan fingerprint density at radius 1 is 1.08 bits per heavy atom. The maximum Gasteiger partial charge on any atom is 0.306 e. The number of hydrogen-bond donors (Lipinski definition) is 2. The molecular weight excluding hydrogens is 464 g/mol. The summed E-state index contributed by atoms with van der Waals surface area (Å²) in [6, 6.07) is 0. The van der Waals surface area contributed by atoms with Gasteiger partial charge < -0.3 is 14.9 Å². The molecule has 0 heterocycles. The summed E-state index contributed by atoms with van der Waals surface area (Å²) in [7, 11) is 0. The third kappa shape index (κ3) is 5.82. The third-order valence-corrected chi connectivity index (χ3v) is 11.4. The minimum Gasteiger partial charge on any atom is -0.481 e. The van der Waals surface area contributed by atoms with E-state index in [0.717, 1.165) is 44.4 Å². The number of ether oxygens (including phenoxy) is 1. The first-order chi connectivity index (χ1) is 17.2. The number of carbonyl (C=O) groups excluding carboxylic acids is 1. The molecule has 0 bridgehead atoms. The van der Waals surface area contributed by atoms with E-state index in [1.807, 2.05) is 0 Å². The van der Waals surface area contributed by atoms with Crippen molar-refractivity contribution in [3.05, 3.63) is 11.6 Å². The molecule has 5 heteroatoms. The van der Waals surface area contributed by atoms with E-state index in [9.17, 15) is 14.7 Å². The molecule has 4 aliphatic carbocycles. The minimum absolute atomic E-state index is 0.0440. The summed E-state index contributed by atoms with van der Waals surface area (Å²) in [4.78, 5) is 22.9. The van der Waals surface area contributed by atoms with Gasteiger partial charge in [0.1, 0.15) is 6.10 Å². The highest BCUT2D eigenvalue weighted by molar-refractivity contribution is 5.76. The number of esters is 1. The van der Waals surface area contributed by atoms with Crippen LogP contribution in [-0.2, 0) is 14.3 Å². The summed E-state index contributed by atoms with van der Waals surface area (Å²) in [6.07, 6.45) is 12.8. The van der Waals surface area contributed by atoms with Crippen molar-refractivity contribution >= 4 is 11.9 Å². The first-order valence-corrected chi connectivity index (χ1v) is 15.0. The van der Waals surface area contributed by atoms with Crippen LogP contribution in [0.4, 0.5) is 0 Å². The van der Waals surface area contributed by atoms with Gasteiger partial charge in [-0.05, 0) is 104 Å². The quantitative estimate of drug-likeness (QED) is 0.264. The maximum absolute atomic E-state index is 12.1. The van der Waals surface area contributed by atoms with Crippen molar-refractivity contribution in [2.24, 2.45) is 45.8 Å². The molecule has 1 unspecified atom stereocenters. The van der Waals surface area contributed by atoms with Crippen molar-refractivity contribution < 1.29 is 24.5 Å². The van der Waals surface area contributed by atoms with Crippen molar-refractivity contribution in [3.8, 4) is 0 Å². The molecule has 0 radical (unpaired) electrons. The number of rotatable bonds is 8. The molecule has 2 N–H and O–H groups in total. The highest BCUT2D eigenvalue weighted by Gasteiger charge is 2.59. The fourth-order valence-corrected chi connectivity index (χ4v) is 9.20. The molecule has 37 heavy (non-hydrogen) atoms. The van der Waals surface area contributed by atoms with Gasteiger partial charge in [-0.15, -0.1) is 0 Å². The molecule has 0 aliphatic heterocycles. The Hall–Kier alpha value is -1.36. The Labute approximate surface area is 224 Å². The summed E-state index contributed by atoms with van der Waals surface area (Å²) in [6.45, 7) is 14.1. The number of allylic oxidation sites excluding steroid dienone is 1. The van der Waals surface area contributed by atoms with Crippen LogP contribution in [0, 0.1) is 45.8 Å². The molecular formula is C32H52O5. The van der Waals surface area contributed by atoms with Crippen LogP contribution in [0.15, 0.2) is 11.6 Å². The Kier molecular flexibility index (Phi) is 8.25. The van der Waals surface area contributed by atoms with E-state index in [2.05, 4.69) is 47.6 Å². The average Bonchev–Trinajstić information content (AvgIpc) is 3.17. The van der Waals surface area contributed by atoms with Crippen molar-refractivity contribution in [1.29, 1.82) is 0 Å². The fourth-order valence-electron chi connectivity index (χ4n) is 9.20. The average molecular weight is 517 g/mol. The Morgan fingerprint density at radius 2 is 1.81 bits per heavy atom. The summed E-state index contributed by atoms with van der Waals surface area (Å²) < 4.78 is 5.69. The summed E-state index contributed by atoms with van der Waals surface area (Å²) in [5, 5.41) is 20.0. The Morgan fingerprint density at radius 3 is 2.49 bits per heavy atom. The van der Waals surface area contributed by atoms with Gasteiger partial charge in [-0.25, -0.2) is 0 Å². The molecule has 0 aromatic rings. The second-order valence-corrected chi connectivity index (χ2v) is 14.8. The second-order valence-electron chi connectivity index (χ2n) is 14.8. The van der Waals surface area contributed by atoms with E-state index < -0.39 is 5.97 Å². The molecule has 9 atom stereocenters. The SMILES string of the molecule is C[C@H](C(O)CCC(C)(C)C)[C@H]1CC[C@H]2[C@@H]3CC=C4C[C@@H](OC(=O)CCC(=O)O)CC[C@]4(C)[C@H]3CC[C@]12C. The zero-order valence-corrected chi connectivity index (χ0v) is 24.2. The first kappa shape index (κ1) is 28.6. The van der Waals surface area contributed by atoms with E-state index in [4.69, 9.17) is 9.84 Å². The van der Waals surface area contributed by atoms with E-state index in [1.165, 1.54) is 31.3 Å². The van der Waals surface area contributed by atoms with E-state index >= 15 is 0 Å². The monoisotopic (exact) mass is 516 g/mol. The largest absolute Gasteiger partial charge is 0.481 e. The predicted octanol–water partition coefficient (Wildman–Crippen LogP) is 7.17. The number of carbonyl (C=O) groups is 2. The Balaban J connectivity index is 1.42. The molecule has 0 spiro atoms. The van der Waals surface area contributed by atoms with Gasteiger partial charge in [0, 0.05) is 6.42 Å². The van der Waals surface area contributed by atoms with Crippen molar-refractivity contribution in [2.45, 2.75) is 131 Å². The second kappa shape index (κ2) is 10.7. The fraction of sp³-hybridized carbons (Fsp3) is 0.875. The molecule has 3 fully saturated rings. The number of aliphatic hydroxyl groups excluding tert-OH is 1.